The highest BCUT2D eigenvalue weighted by Gasteiger charge is 2.10. The van der Waals surface area contributed by atoms with E-state index in [9.17, 15) is 0 Å². The van der Waals surface area contributed by atoms with E-state index in [0.29, 0.717) is 6.04 Å². The fraction of sp³-hybridized carbons (Fsp3) is 0.500. The van der Waals surface area contributed by atoms with Crippen LogP contribution >= 0.6 is 0 Å². The molecule has 1 aromatic carbocycles. The number of hydrogen-bond acceptors (Lipinski definition) is 2. The van der Waals surface area contributed by atoms with E-state index in [1.807, 2.05) is 6.07 Å². The second-order valence-corrected chi connectivity index (χ2v) is 4.58. The summed E-state index contributed by atoms with van der Waals surface area (Å²) >= 11 is 0. The predicted octanol–water partition coefficient (Wildman–Crippen LogP) is 3.46. The lowest BCUT2D eigenvalue weighted by atomic mass is 10.0. The molecule has 0 saturated carbocycles. The maximum atomic E-state index is 5.40. The van der Waals surface area contributed by atoms with Crippen LogP contribution in [0.2, 0.25) is 0 Å². The van der Waals surface area contributed by atoms with Crippen molar-refractivity contribution in [3.05, 3.63) is 29.3 Å². The maximum Gasteiger partial charge on any atom is 0.123 e. The van der Waals surface area contributed by atoms with Crippen LogP contribution in [0.25, 0.3) is 0 Å². The molecule has 0 bridgehead atoms. The third kappa shape index (κ3) is 4.43. The van der Waals surface area contributed by atoms with Gasteiger partial charge in [0.25, 0.3) is 0 Å². The van der Waals surface area contributed by atoms with Gasteiger partial charge >= 0.3 is 0 Å². The van der Waals surface area contributed by atoms with Crippen molar-refractivity contribution in [2.45, 2.75) is 39.2 Å². The molecule has 0 fully saturated rings. The van der Waals surface area contributed by atoms with E-state index in [0.717, 1.165) is 31.6 Å². The zero-order valence-corrected chi connectivity index (χ0v) is 11.6. The number of hydrogen-bond donors (Lipinski definition) is 1. The second kappa shape index (κ2) is 7.79. The molecule has 0 aliphatic carbocycles. The van der Waals surface area contributed by atoms with Gasteiger partial charge in [-0.15, -0.1) is 12.3 Å². The smallest absolute Gasteiger partial charge is 0.123 e. The van der Waals surface area contributed by atoms with Gasteiger partial charge < -0.3 is 10.1 Å². The summed E-state index contributed by atoms with van der Waals surface area (Å²) in [6.45, 7) is 5.25. The zero-order valence-electron chi connectivity index (χ0n) is 11.6. The van der Waals surface area contributed by atoms with Crippen molar-refractivity contribution in [3.8, 4) is 18.1 Å². The van der Waals surface area contributed by atoms with E-state index in [1.165, 1.54) is 11.1 Å². The van der Waals surface area contributed by atoms with Gasteiger partial charge in [0.15, 0.2) is 0 Å². The van der Waals surface area contributed by atoms with Crippen molar-refractivity contribution in [1.29, 1.82) is 0 Å². The molecule has 1 atom stereocenters. The first-order valence-corrected chi connectivity index (χ1v) is 6.50. The van der Waals surface area contributed by atoms with Crippen LogP contribution < -0.4 is 10.1 Å². The van der Waals surface area contributed by atoms with Gasteiger partial charge in [-0.25, -0.2) is 0 Å². The first kappa shape index (κ1) is 14.6. The van der Waals surface area contributed by atoms with Crippen LogP contribution in [0.15, 0.2) is 18.2 Å². The fourth-order valence-corrected chi connectivity index (χ4v) is 1.97. The average Bonchev–Trinajstić information content (AvgIpc) is 2.38. The van der Waals surface area contributed by atoms with E-state index in [-0.39, 0.29) is 0 Å². The summed E-state index contributed by atoms with van der Waals surface area (Å²) in [4.78, 5) is 0. The van der Waals surface area contributed by atoms with Gasteiger partial charge in [-0.2, -0.15) is 0 Å². The molecule has 1 unspecified atom stereocenters. The molecule has 2 heteroatoms. The molecule has 0 aromatic heterocycles. The first-order chi connectivity index (χ1) is 8.69. The highest BCUT2D eigenvalue weighted by molar-refractivity contribution is 5.38. The summed E-state index contributed by atoms with van der Waals surface area (Å²) in [7, 11) is 1.72. The molecule has 0 saturated heterocycles. The molecular formula is C16H23NO. The molecule has 0 radical (unpaired) electrons. The van der Waals surface area contributed by atoms with Crippen molar-refractivity contribution in [2.24, 2.45) is 0 Å². The van der Waals surface area contributed by atoms with Crippen LogP contribution in [-0.4, -0.2) is 13.7 Å². The highest BCUT2D eigenvalue weighted by Crippen LogP contribution is 2.25. The average molecular weight is 245 g/mol. The summed E-state index contributed by atoms with van der Waals surface area (Å²) < 4.78 is 5.40. The number of terminal acetylenes is 1. The minimum absolute atomic E-state index is 0.297. The molecule has 0 amide bonds. The second-order valence-electron chi connectivity index (χ2n) is 4.58. The van der Waals surface area contributed by atoms with Gasteiger partial charge in [0.1, 0.15) is 5.75 Å². The normalized spacial score (nSPS) is 11.9. The number of benzene rings is 1. The van der Waals surface area contributed by atoms with Crippen LogP contribution in [0.3, 0.4) is 0 Å². The van der Waals surface area contributed by atoms with E-state index >= 15 is 0 Å². The van der Waals surface area contributed by atoms with Crippen molar-refractivity contribution in [1.82, 2.24) is 5.32 Å². The Bertz CT molecular complexity index is 406. The number of rotatable bonds is 7. The van der Waals surface area contributed by atoms with Crippen LogP contribution in [0, 0.1) is 19.3 Å². The molecule has 1 N–H and O–H groups in total. The largest absolute Gasteiger partial charge is 0.496 e. The summed E-state index contributed by atoms with van der Waals surface area (Å²) in [5.41, 5.74) is 2.47. The Hall–Kier alpha value is -1.46. The summed E-state index contributed by atoms with van der Waals surface area (Å²) in [6, 6.07) is 6.58. The van der Waals surface area contributed by atoms with E-state index in [4.69, 9.17) is 11.2 Å². The SMILES string of the molecule is C#CCCCCNC(C)c1cc(C)ccc1OC. The zero-order chi connectivity index (χ0) is 13.4. The Labute approximate surface area is 111 Å². The third-order valence-corrected chi connectivity index (χ3v) is 3.05. The summed E-state index contributed by atoms with van der Waals surface area (Å²) in [6.07, 6.45) is 8.29. The minimum atomic E-state index is 0.297. The maximum absolute atomic E-state index is 5.40. The van der Waals surface area contributed by atoms with Crippen LogP contribution in [0.1, 0.15) is 43.4 Å². The molecule has 2 nitrogen and oxygen atoms in total. The molecular weight excluding hydrogens is 222 g/mol. The number of nitrogens with one attached hydrogen (secondary N) is 1. The highest BCUT2D eigenvalue weighted by atomic mass is 16.5. The Morgan fingerprint density at radius 2 is 2.17 bits per heavy atom. The molecule has 18 heavy (non-hydrogen) atoms. The van der Waals surface area contributed by atoms with E-state index in [2.05, 4.69) is 37.2 Å². The van der Waals surface area contributed by atoms with Crippen molar-refractivity contribution >= 4 is 0 Å². The summed E-state index contributed by atoms with van der Waals surface area (Å²) in [5, 5.41) is 3.51. The van der Waals surface area contributed by atoms with Gasteiger partial charge in [-0.1, -0.05) is 17.7 Å². The summed E-state index contributed by atoms with van der Waals surface area (Å²) in [5.74, 6) is 3.61. The third-order valence-electron chi connectivity index (χ3n) is 3.05. The standard InChI is InChI=1S/C16H23NO/c1-5-6-7-8-11-17-14(3)15-12-13(2)9-10-16(15)18-4/h1,9-10,12,14,17H,6-8,11H2,2-4H3. The predicted molar refractivity (Wildman–Crippen MR) is 76.8 cm³/mol. The van der Waals surface area contributed by atoms with Crippen molar-refractivity contribution in [3.63, 3.8) is 0 Å². The molecule has 0 heterocycles. The topological polar surface area (TPSA) is 21.3 Å². The van der Waals surface area contributed by atoms with E-state index in [1.54, 1.807) is 7.11 Å². The van der Waals surface area contributed by atoms with Crippen LogP contribution in [-0.2, 0) is 0 Å². The fourth-order valence-electron chi connectivity index (χ4n) is 1.97. The molecule has 98 valence electrons. The number of ether oxygens (including phenoxy) is 1. The first-order valence-electron chi connectivity index (χ1n) is 6.50. The molecule has 1 aromatic rings. The molecule has 1 rings (SSSR count). The van der Waals surface area contributed by atoms with Gasteiger partial charge in [-0.05, 0) is 39.3 Å². The quantitative estimate of drug-likeness (QED) is 0.587. The number of aryl methyl sites for hydroxylation is 1. The lowest BCUT2D eigenvalue weighted by molar-refractivity contribution is 0.401. The number of methoxy groups -OCH3 is 1. The minimum Gasteiger partial charge on any atom is -0.496 e. The Balaban J connectivity index is 2.53. The van der Waals surface area contributed by atoms with Crippen LogP contribution in [0.4, 0.5) is 0 Å². The Morgan fingerprint density at radius 3 is 2.83 bits per heavy atom. The van der Waals surface area contributed by atoms with E-state index < -0.39 is 0 Å². The lowest BCUT2D eigenvalue weighted by Gasteiger charge is -2.18. The lowest BCUT2D eigenvalue weighted by Crippen LogP contribution is -2.20. The van der Waals surface area contributed by atoms with Gasteiger partial charge in [-0.3, -0.25) is 0 Å². The van der Waals surface area contributed by atoms with Crippen molar-refractivity contribution in [2.75, 3.05) is 13.7 Å². The van der Waals surface area contributed by atoms with Crippen LogP contribution in [0.5, 0.6) is 5.75 Å². The van der Waals surface area contributed by atoms with Gasteiger partial charge in [0, 0.05) is 18.0 Å². The monoisotopic (exact) mass is 245 g/mol. The Morgan fingerprint density at radius 1 is 1.39 bits per heavy atom. The molecule has 0 spiro atoms. The van der Waals surface area contributed by atoms with Gasteiger partial charge in [0.2, 0.25) is 0 Å². The molecule has 0 aliphatic rings. The Kier molecular flexibility index (Phi) is 6.32. The molecule has 0 aliphatic heterocycles. The van der Waals surface area contributed by atoms with Crippen molar-refractivity contribution < 1.29 is 4.74 Å². The van der Waals surface area contributed by atoms with Gasteiger partial charge in [0.05, 0.1) is 7.11 Å². The number of unbranched alkanes of at least 4 members (excludes halogenated alkanes) is 2.